The maximum Gasteiger partial charge on any atom is 0.343 e. The molecule has 122 valence electrons. The van der Waals surface area contributed by atoms with E-state index >= 15 is 0 Å². The zero-order chi connectivity index (χ0) is 17.1. The molecule has 0 saturated carbocycles. The first-order valence-corrected chi connectivity index (χ1v) is 7.25. The lowest BCUT2D eigenvalue weighted by atomic mass is 10.1. The van der Waals surface area contributed by atoms with Crippen LogP contribution in [0.1, 0.15) is 11.1 Å². The van der Waals surface area contributed by atoms with Crippen molar-refractivity contribution in [2.75, 3.05) is 14.2 Å². The first kappa shape index (κ1) is 15.8. The smallest absolute Gasteiger partial charge is 0.343 e. The molecule has 0 atom stereocenters. The van der Waals surface area contributed by atoms with Gasteiger partial charge in [-0.15, -0.1) is 0 Å². The summed E-state index contributed by atoms with van der Waals surface area (Å²) in [7, 11) is 3.07. The topological polar surface area (TPSA) is 44.8 Å². The number of carbonyl (C=O) groups is 1. The molecule has 5 heteroatoms. The van der Waals surface area contributed by atoms with Crippen LogP contribution in [0.15, 0.2) is 54.1 Å². The maximum absolute atomic E-state index is 13.7. The average molecular weight is 326 g/mol. The number of benzene rings is 2. The van der Waals surface area contributed by atoms with Crippen molar-refractivity contribution in [1.82, 2.24) is 0 Å². The maximum atomic E-state index is 13.7. The third kappa shape index (κ3) is 3.01. The third-order valence-corrected chi connectivity index (χ3v) is 3.61. The van der Waals surface area contributed by atoms with Crippen LogP contribution in [0.25, 0.3) is 11.8 Å². The number of halogens is 1. The van der Waals surface area contributed by atoms with Gasteiger partial charge in [0.15, 0.2) is 11.5 Å². The van der Waals surface area contributed by atoms with Gasteiger partial charge in [-0.1, -0.05) is 18.2 Å². The molecule has 1 aliphatic heterocycles. The lowest BCUT2D eigenvalue weighted by Crippen LogP contribution is -1.98. The van der Waals surface area contributed by atoms with Gasteiger partial charge in [-0.2, -0.15) is 0 Å². The second-order valence-corrected chi connectivity index (χ2v) is 5.09. The highest BCUT2D eigenvalue weighted by molar-refractivity contribution is 6.05. The predicted octanol–water partition coefficient (Wildman–Crippen LogP) is 3.82. The van der Waals surface area contributed by atoms with Crippen LogP contribution >= 0.6 is 0 Å². The van der Waals surface area contributed by atoms with E-state index in [1.807, 2.05) is 0 Å². The van der Waals surface area contributed by atoms with Crippen molar-refractivity contribution in [3.05, 3.63) is 71.1 Å². The molecule has 1 heterocycles. The minimum absolute atomic E-state index is 0.282. The summed E-state index contributed by atoms with van der Waals surface area (Å²) in [4.78, 5) is 12.0. The Morgan fingerprint density at radius 3 is 2.50 bits per heavy atom. The molecule has 0 radical (unpaired) electrons. The molecule has 24 heavy (non-hydrogen) atoms. The molecule has 0 aromatic heterocycles. The number of ether oxygens (including phenoxy) is 3. The normalized spacial score (nSPS) is 15.2. The van der Waals surface area contributed by atoms with Gasteiger partial charge >= 0.3 is 5.97 Å². The molecule has 0 bridgehead atoms. The molecule has 0 amide bonds. The molecule has 3 rings (SSSR count). The van der Waals surface area contributed by atoms with Crippen molar-refractivity contribution in [3.63, 3.8) is 0 Å². The van der Waals surface area contributed by atoms with Gasteiger partial charge in [0.2, 0.25) is 0 Å². The molecule has 4 nitrogen and oxygen atoms in total. The second-order valence-electron chi connectivity index (χ2n) is 5.09. The molecular formula is C19H15FO4. The van der Waals surface area contributed by atoms with Crippen LogP contribution in [0.2, 0.25) is 0 Å². The first-order chi connectivity index (χ1) is 11.6. The fourth-order valence-corrected chi connectivity index (χ4v) is 2.38. The summed E-state index contributed by atoms with van der Waals surface area (Å²) in [5.74, 6) is 0.559. The van der Waals surface area contributed by atoms with Crippen molar-refractivity contribution >= 4 is 17.8 Å². The molecule has 0 unspecified atom stereocenters. The van der Waals surface area contributed by atoms with E-state index in [-0.39, 0.29) is 5.57 Å². The van der Waals surface area contributed by atoms with Crippen molar-refractivity contribution in [2.45, 2.75) is 0 Å². The third-order valence-electron chi connectivity index (χ3n) is 3.61. The average Bonchev–Trinajstić information content (AvgIpc) is 2.97. The minimum Gasteiger partial charge on any atom is -0.493 e. The summed E-state index contributed by atoms with van der Waals surface area (Å²) in [5, 5.41) is 0. The van der Waals surface area contributed by atoms with Gasteiger partial charge in [0.05, 0.1) is 19.8 Å². The quantitative estimate of drug-likeness (QED) is 0.633. The predicted molar refractivity (Wildman–Crippen MR) is 88.0 cm³/mol. The summed E-state index contributed by atoms with van der Waals surface area (Å²) in [5.41, 5.74) is 1.28. The number of esters is 1. The Hall–Kier alpha value is -3.08. The Morgan fingerprint density at radius 1 is 1.04 bits per heavy atom. The lowest BCUT2D eigenvalue weighted by molar-refractivity contribution is -0.130. The SMILES string of the molecule is COc1ccc(C2=C/C(=C\c3ccccc3F)C(=O)O2)cc1OC. The summed E-state index contributed by atoms with van der Waals surface area (Å²) < 4.78 is 29.4. The Balaban J connectivity index is 1.96. The Kier molecular flexibility index (Phi) is 4.33. The van der Waals surface area contributed by atoms with Gasteiger partial charge in [0, 0.05) is 11.1 Å². The monoisotopic (exact) mass is 326 g/mol. The molecular weight excluding hydrogens is 311 g/mol. The largest absolute Gasteiger partial charge is 0.493 e. The lowest BCUT2D eigenvalue weighted by Gasteiger charge is -2.09. The van der Waals surface area contributed by atoms with E-state index in [4.69, 9.17) is 14.2 Å². The van der Waals surface area contributed by atoms with Gasteiger partial charge in [-0.3, -0.25) is 0 Å². The van der Waals surface area contributed by atoms with E-state index in [1.165, 1.54) is 19.3 Å². The van der Waals surface area contributed by atoms with E-state index in [0.29, 0.717) is 28.4 Å². The van der Waals surface area contributed by atoms with Gasteiger partial charge < -0.3 is 14.2 Å². The second kappa shape index (κ2) is 6.58. The Morgan fingerprint density at radius 2 is 1.79 bits per heavy atom. The van der Waals surface area contributed by atoms with Gasteiger partial charge in [-0.05, 0) is 36.4 Å². The van der Waals surface area contributed by atoms with E-state index in [2.05, 4.69) is 0 Å². The number of hydrogen-bond donors (Lipinski definition) is 0. The van der Waals surface area contributed by atoms with Crippen molar-refractivity contribution in [1.29, 1.82) is 0 Å². The molecule has 0 spiro atoms. The van der Waals surface area contributed by atoms with Crippen LogP contribution in [0.5, 0.6) is 11.5 Å². The Labute approximate surface area is 138 Å². The summed E-state index contributed by atoms with van der Waals surface area (Å²) in [6.45, 7) is 0. The highest BCUT2D eigenvalue weighted by atomic mass is 19.1. The van der Waals surface area contributed by atoms with E-state index in [1.54, 1.807) is 49.6 Å². The van der Waals surface area contributed by atoms with Gasteiger partial charge in [-0.25, -0.2) is 9.18 Å². The number of cyclic esters (lactones) is 1. The number of hydrogen-bond acceptors (Lipinski definition) is 4. The number of methoxy groups -OCH3 is 2. The van der Waals surface area contributed by atoms with Crippen molar-refractivity contribution < 1.29 is 23.4 Å². The number of carbonyl (C=O) groups excluding carboxylic acids is 1. The van der Waals surface area contributed by atoms with Crippen LogP contribution in [0.3, 0.4) is 0 Å². The molecule has 0 N–H and O–H groups in total. The fraction of sp³-hybridized carbons (Fsp3) is 0.105. The molecule has 0 saturated heterocycles. The summed E-state index contributed by atoms with van der Waals surface area (Å²) >= 11 is 0. The molecule has 1 aliphatic rings. The zero-order valence-corrected chi connectivity index (χ0v) is 13.2. The van der Waals surface area contributed by atoms with Gasteiger partial charge in [0.25, 0.3) is 0 Å². The number of rotatable bonds is 4. The van der Waals surface area contributed by atoms with Gasteiger partial charge in [0.1, 0.15) is 11.6 Å². The van der Waals surface area contributed by atoms with Crippen molar-refractivity contribution in [2.24, 2.45) is 0 Å². The van der Waals surface area contributed by atoms with E-state index in [0.717, 1.165) is 0 Å². The minimum atomic E-state index is -0.525. The molecule has 2 aromatic rings. The fourth-order valence-electron chi connectivity index (χ4n) is 2.38. The van der Waals surface area contributed by atoms with Crippen LogP contribution in [-0.2, 0) is 9.53 Å². The van der Waals surface area contributed by atoms with Crippen LogP contribution in [0.4, 0.5) is 4.39 Å². The molecule has 0 fully saturated rings. The van der Waals surface area contributed by atoms with E-state index in [9.17, 15) is 9.18 Å². The molecule has 0 aliphatic carbocycles. The van der Waals surface area contributed by atoms with Crippen LogP contribution < -0.4 is 9.47 Å². The van der Waals surface area contributed by atoms with Crippen LogP contribution in [0, 0.1) is 5.82 Å². The first-order valence-electron chi connectivity index (χ1n) is 7.25. The highest BCUT2D eigenvalue weighted by Crippen LogP contribution is 2.34. The Bertz CT molecular complexity index is 852. The van der Waals surface area contributed by atoms with Crippen molar-refractivity contribution in [3.8, 4) is 11.5 Å². The summed E-state index contributed by atoms with van der Waals surface area (Å²) in [6.07, 6.45) is 3.04. The standard InChI is InChI=1S/C19H15FO4/c1-22-16-8-7-13(10-18(16)23-2)17-11-14(19(21)24-17)9-12-5-3-4-6-15(12)20/h3-11H,1-2H3/b14-9+. The summed E-state index contributed by atoms with van der Waals surface area (Å²) in [6, 6.07) is 11.4. The van der Waals surface area contributed by atoms with E-state index < -0.39 is 11.8 Å². The van der Waals surface area contributed by atoms with Crippen LogP contribution in [-0.4, -0.2) is 20.2 Å². The highest BCUT2D eigenvalue weighted by Gasteiger charge is 2.23. The zero-order valence-electron chi connectivity index (χ0n) is 13.2. The molecule has 2 aromatic carbocycles.